The average Bonchev–Trinajstić information content (AvgIpc) is 3.01. The summed E-state index contributed by atoms with van der Waals surface area (Å²) >= 11 is 7.00. The lowest BCUT2D eigenvalue weighted by Gasteiger charge is -2.07. The topological polar surface area (TPSA) is 94.0 Å². The standard InChI is InChI=1S/C19H19ClN4O3S2/c1-13-3-9-16(10-4-13)29(26,27)12-17-22-23-19(24(17)2)28-11-18(25)21-15-7-5-14(20)6-8-15/h3-10H,11-12H2,1-2H3,(H,21,25). The van der Waals surface area contributed by atoms with Crippen molar-refractivity contribution in [3.05, 3.63) is 64.9 Å². The van der Waals surface area contributed by atoms with E-state index in [1.165, 1.54) is 11.8 Å². The predicted molar refractivity (Wildman–Crippen MR) is 114 cm³/mol. The van der Waals surface area contributed by atoms with Gasteiger partial charge in [-0.1, -0.05) is 41.1 Å². The first kappa shape index (κ1) is 21.4. The Morgan fingerprint density at radius 2 is 1.76 bits per heavy atom. The Kier molecular flexibility index (Phi) is 6.61. The van der Waals surface area contributed by atoms with Crippen molar-refractivity contribution >= 4 is 44.8 Å². The summed E-state index contributed by atoms with van der Waals surface area (Å²) in [4.78, 5) is 12.4. The minimum absolute atomic E-state index is 0.110. The number of amides is 1. The average molecular weight is 451 g/mol. The molecule has 10 heteroatoms. The number of aromatic nitrogens is 3. The van der Waals surface area contributed by atoms with Crippen molar-refractivity contribution in [2.75, 3.05) is 11.1 Å². The van der Waals surface area contributed by atoms with E-state index in [-0.39, 0.29) is 22.3 Å². The van der Waals surface area contributed by atoms with Crippen LogP contribution in [0.3, 0.4) is 0 Å². The molecule has 0 radical (unpaired) electrons. The zero-order valence-electron chi connectivity index (χ0n) is 15.8. The Balaban J connectivity index is 1.62. The van der Waals surface area contributed by atoms with Crippen LogP contribution < -0.4 is 5.32 Å². The number of carbonyl (C=O) groups is 1. The van der Waals surface area contributed by atoms with E-state index >= 15 is 0 Å². The van der Waals surface area contributed by atoms with E-state index in [9.17, 15) is 13.2 Å². The molecular formula is C19H19ClN4O3S2. The second-order valence-corrected chi connectivity index (χ2v) is 9.74. The fourth-order valence-electron chi connectivity index (χ4n) is 2.46. The minimum Gasteiger partial charge on any atom is -0.325 e. The van der Waals surface area contributed by atoms with Crippen molar-refractivity contribution in [2.24, 2.45) is 7.05 Å². The van der Waals surface area contributed by atoms with Gasteiger partial charge in [0.1, 0.15) is 11.6 Å². The Labute approximate surface area is 178 Å². The molecule has 7 nitrogen and oxygen atoms in total. The fraction of sp³-hybridized carbons (Fsp3) is 0.211. The molecule has 0 aliphatic carbocycles. The van der Waals surface area contributed by atoms with Gasteiger partial charge >= 0.3 is 0 Å². The van der Waals surface area contributed by atoms with Crippen LogP contribution in [0.5, 0.6) is 0 Å². The highest BCUT2D eigenvalue weighted by atomic mass is 35.5. The summed E-state index contributed by atoms with van der Waals surface area (Å²) in [5, 5.41) is 11.8. The normalized spacial score (nSPS) is 11.4. The third-order valence-electron chi connectivity index (χ3n) is 4.08. The number of rotatable bonds is 7. The lowest BCUT2D eigenvalue weighted by atomic mass is 10.2. The molecule has 1 heterocycles. The largest absolute Gasteiger partial charge is 0.325 e. The first-order valence-electron chi connectivity index (χ1n) is 8.60. The quantitative estimate of drug-likeness (QED) is 0.554. The Bertz CT molecular complexity index is 1110. The van der Waals surface area contributed by atoms with Crippen molar-refractivity contribution in [1.82, 2.24) is 14.8 Å². The molecule has 2 aromatic carbocycles. The van der Waals surface area contributed by atoms with Crippen LogP contribution in [0, 0.1) is 6.92 Å². The number of benzene rings is 2. The second-order valence-electron chi connectivity index (χ2n) is 6.37. The molecule has 0 unspecified atom stereocenters. The summed E-state index contributed by atoms with van der Waals surface area (Å²) in [6.07, 6.45) is 0. The van der Waals surface area contributed by atoms with Gasteiger partial charge in [-0.3, -0.25) is 4.79 Å². The molecule has 0 aliphatic rings. The molecule has 3 aromatic rings. The number of aryl methyl sites for hydroxylation is 1. The molecule has 0 aliphatic heterocycles. The van der Waals surface area contributed by atoms with Gasteiger partial charge in [-0.25, -0.2) is 8.42 Å². The summed E-state index contributed by atoms with van der Waals surface area (Å²) in [5.41, 5.74) is 1.63. The van der Waals surface area contributed by atoms with Crippen molar-refractivity contribution in [3.63, 3.8) is 0 Å². The molecule has 3 rings (SSSR count). The third kappa shape index (κ3) is 5.59. The van der Waals surface area contributed by atoms with Crippen LogP contribution in [-0.2, 0) is 27.4 Å². The van der Waals surface area contributed by atoms with Gasteiger partial charge in [-0.2, -0.15) is 0 Å². The second kappa shape index (κ2) is 8.98. The molecule has 1 N–H and O–H groups in total. The van der Waals surface area contributed by atoms with Gasteiger partial charge in [0, 0.05) is 17.8 Å². The van der Waals surface area contributed by atoms with Crippen LogP contribution in [0.25, 0.3) is 0 Å². The third-order valence-corrected chi connectivity index (χ3v) is 6.99. The summed E-state index contributed by atoms with van der Waals surface area (Å²) in [6.45, 7) is 1.89. The molecule has 1 amide bonds. The highest BCUT2D eigenvalue weighted by Gasteiger charge is 2.20. The number of nitrogens with zero attached hydrogens (tertiary/aromatic N) is 3. The highest BCUT2D eigenvalue weighted by molar-refractivity contribution is 7.99. The van der Waals surface area contributed by atoms with E-state index in [1.54, 1.807) is 60.1 Å². The molecule has 152 valence electrons. The highest BCUT2D eigenvalue weighted by Crippen LogP contribution is 2.21. The van der Waals surface area contributed by atoms with Crippen LogP contribution in [0.15, 0.2) is 58.6 Å². The van der Waals surface area contributed by atoms with E-state index in [4.69, 9.17) is 11.6 Å². The smallest absolute Gasteiger partial charge is 0.234 e. The molecular weight excluding hydrogens is 432 g/mol. The zero-order chi connectivity index (χ0) is 21.0. The predicted octanol–water partition coefficient (Wildman–Crippen LogP) is 3.48. The SMILES string of the molecule is Cc1ccc(S(=O)(=O)Cc2nnc(SCC(=O)Nc3ccc(Cl)cc3)n2C)cc1. The van der Waals surface area contributed by atoms with Crippen molar-refractivity contribution in [2.45, 2.75) is 22.7 Å². The summed E-state index contributed by atoms with van der Waals surface area (Å²) in [6, 6.07) is 13.5. The maximum atomic E-state index is 12.6. The number of nitrogens with one attached hydrogen (secondary N) is 1. The van der Waals surface area contributed by atoms with Gasteiger partial charge in [0.05, 0.1) is 10.6 Å². The van der Waals surface area contributed by atoms with Crippen LogP contribution in [-0.4, -0.2) is 34.8 Å². The summed E-state index contributed by atoms with van der Waals surface area (Å²) in [7, 11) is -1.86. The van der Waals surface area contributed by atoms with Gasteiger partial charge in [-0.15, -0.1) is 10.2 Å². The van der Waals surface area contributed by atoms with Crippen LogP contribution in [0.1, 0.15) is 11.4 Å². The Hall–Kier alpha value is -2.36. The lowest BCUT2D eigenvalue weighted by Crippen LogP contribution is -2.14. The Morgan fingerprint density at radius 3 is 2.41 bits per heavy atom. The molecule has 1 aromatic heterocycles. The molecule has 0 saturated carbocycles. The molecule has 0 spiro atoms. The van der Waals surface area contributed by atoms with Gasteiger partial charge in [0.15, 0.2) is 15.0 Å². The maximum absolute atomic E-state index is 12.6. The number of hydrogen-bond acceptors (Lipinski definition) is 6. The van der Waals surface area contributed by atoms with Crippen LogP contribution >= 0.6 is 23.4 Å². The molecule has 29 heavy (non-hydrogen) atoms. The first-order chi connectivity index (χ1) is 13.7. The van der Waals surface area contributed by atoms with Crippen LogP contribution in [0.4, 0.5) is 5.69 Å². The molecule has 0 fully saturated rings. The number of carbonyl (C=O) groups excluding carboxylic acids is 1. The van der Waals surface area contributed by atoms with Gasteiger partial charge in [-0.05, 0) is 43.3 Å². The number of halogens is 1. The van der Waals surface area contributed by atoms with Crippen LogP contribution in [0.2, 0.25) is 5.02 Å². The van der Waals surface area contributed by atoms with Crippen molar-refractivity contribution in [3.8, 4) is 0 Å². The van der Waals surface area contributed by atoms with E-state index < -0.39 is 9.84 Å². The lowest BCUT2D eigenvalue weighted by molar-refractivity contribution is -0.113. The summed E-state index contributed by atoms with van der Waals surface area (Å²) < 4.78 is 26.8. The molecule has 0 saturated heterocycles. The Morgan fingerprint density at radius 1 is 1.10 bits per heavy atom. The van der Waals surface area contributed by atoms with Gasteiger partial charge in [0.25, 0.3) is 0 Å². The number of thioether (sulfide) groups is 1. The van der Waals surface area contributed by atoms with E-state index in [0.29, 0.717) is 21.7 Å². The van der Waals surface area contributed by atoms with E-state index in [0.717, 1.165) is 5.56 Å². The van der Waals surface area contributed by atoms with Crippen molar-refractivity contribution < 1.29 is 13.2 Å². The monoisotopic (exact) mass is 450 g/mol. The number of sulfone groups is 1. The summed E-state index contributed by atoms with van der Waals surface area (Å²) in [5.74, 6) is -0.0588. The molecule has 0 bridgehead atoms. The van der Waals surface area contributed by atoms with Gasteiger partial charge < -0.3 is 9.88 Å². The minimum atomic E-state index is -3.54. The van der Waals surface area contributed by atoms with E-state index in [1.807, 2.05) is 6.92 Å². The molecule has 0 atom stereocenters. The first-order valence-corrected chi connectivity index (χ1v) is 11.6. The maximum Gasteiger partial charge on any atom is 0.234 e. The fourth-order valence-corrected chi connectivity index (χ4v) is 4.62. The van der Waals surface area contributed by atoms with Gasteiger partial charge in [0.2, 0.25) is 5.91 Å². The van der Waals surface area contributed by atoms with Crippen molar-refractivity contribution in [1.29, 1.82) is 0 Å². The number of anilines is 1. The number of hydrogen-bond donors (Lipinski definition) is 1. The zero-order valence-corrected chi connectivity index (χ0v) is 18.2. The van der Waals surface area contributed by atoms with E-state index in [2.05, 4.69) is 15.5 Å².